The normalized spacial score (nSPS) is 11.1. The van der Waals surface area contributed by atoms with Gasteiger partial charge >= 0.3 is 0 Å². The van der Waals surface area contributed by atoms with E-state index in [9.17, 15) is 17.2 Å². The topological polar surface area (TPSA) is 107 Å². The zero-order valence-electron chi connectivity index (χ0n) is 12.4. The number of benzene rings is 1. The van der Waals surface area contributed by atoms with E-state index in [0.29, 0.717) is 24.4 Å². The molecule has 0 aliphatic heterocycles. The summed E-state index contributed by atoms with van der Waals surface area (Å²) in [4.78, 5) is 2.80. The smallest absolute Gasteiger partial charge is 0.266 e. The van der Waals surface area contributed by atoms with Gasteiger partial charge in [0.05, 0.1) is 17.4 Å². The van der Waals surface area contributed by atoms with E-state index < -0.39 is 25.9 Å². The van der Waals surface area contributed by atoms with Gasteiger partial charge < -0.3 is 10.6 Å². The summed E-state index contributed by atoms with van der Waals surface area (Å²) in [5.41, 5.74) is 0.155. The second-order valence-corrected chi connectivity index (χ2v) is 7.18. The van der Waals surface area contributed by atoms with Crippen LogP contribution in [0.5, 0.6) is 0 Å². The molecule has 1 aromatic heterocycles. The molecule has 0 unspecified atom stereocenters. The Balaban J connectivity index is 2.34. The van der Waals surface area contributed by atoms with Gasteiger partial charge in [-0.05, 0) is 19.2 Å². The maximum atomic E-state index is 14.2. The summed E-state index contributed by atoms with van der Waals surface area (Å²) in [5.74, 6) is -1.04. The molecule has 7 nitrogen and oxygen atoms in total. The zero-order valence-corrected chi connectivity index (χ0v) is 14.1. The number of nitrogens with one attached hydrogen (secondary N) is 3. The molecular formula is C13H13F2N5O2S2. The third-order valence-electron chi connectivity index (χ3n) is 2.87. The van der Waals surface area contributed by atoms with Gasteiger partial charge in [0.15, 0.2) is 10.3 Å². The Morgan fingerprint density at radius 3 is 2.67 bits per heavy atom. The molecule has 2 aromatic rings. The first-order valence-corrected chi connectivity index (χ1v) is 8.93. The summed E-state index contributed by atoms with van der Waals surface area (Å²) >= 11 is 0.467. The van der Waals surface area contributed by atoms with Crippen molar-refractivity contribution in [2.45, 2.75) is 4.90 Å². The van der Waals surface area contributed by atoms with Crippen molar-refractivity contribution in [3.8, 4) is 6.07 Å². The molecule has 1 heterocycles. The van der Waals surface area contributed by atoms with Crippen LogP contribution in [0.2, 0.25) is 0 Å². The van der Waals surface area contributed by atoms with Crippen LogP contribution in [0.25, 0.3) is 0 Å². The van der Waals surface area contributed by atoms with E-state index in [1.165, 1.54) is 0 Å². The number of anilines is 2. The van der Waals surface area contributed by atoms with Crippen LogP contribution >= 0.6 is 11.3 Å². The average Bonchev–Trinajstić information content (AvgIpc) is 2.91. The molecular weight excluding hydrogens is 360 g/mol. The van der Waals surface area contributed by atoms with E-state index in [1.807, 2.05) is 10.8 Å². The van der Waals surface area contributed by atoms with Gasteiger partial charge in [-0.2, -0.15) is 9.65 Å². The third kappa shape index (κ3) is 4.16. The lowest BCUT2D eigenvalue weighted by Crippen LogP contribution is -2.19. The lowest BCUT2D eigenvalue weighted by molar-refractivity contribution is 0.570. The number of hydrogen-bond donors (Lipinski definition) is 3. The Bertz CT molecular complexity index is 877. The number of likely N-dealkylation sites (N-methyl/N-ethyl adjacent to an activating group) is 1. The second-order valence-electron chi connectivity index (χ2n) is 4.55. The number of aromatic nitrogens is 1. The van der Waals surface area contributed by atoms with Crippen molar-refractivity contribution in [3.05, 3.63) is 34.8 Å². The maximum absolute atomic E-state index is 14.2. The molecule has 0 spiro atoms. The van der Waals surface area contributed by atoms with Crippen molar-refractivity contribution < 1.29 is 17.2 Å². The van der Waals surface area contributed by atoms with Crippen LogP contribution < -0.4 is 15.4 Å². The van der Waals surface area contributed by atoms with Crippen molar-refractivity contribution in [2.24, 2.45) is 0 Å². The van der Waals surface area contributed by atoms with E-state index in [1.54, 1.807) is 7.05 Å². The van der Waals surface area contributed by atoms with Crippen LogP contribution in [-0.4, -0.2) is 33.5 Å². The van der Waals surface area contributed by atoms with Crippen LogP contribution in [-0.2, 0) is 10.0 Å². The molecule has 0 radical (unpaired) electrons. The van der Waals surface area contributed by atoms with Crippen LogP contribution in [0.3, 0.4) is 0 Å². The zero-order chi connectivity index (χ0) is 17.7. The highest BCUT2D eigenvalue weighted by Crippen LogP contribution is 2.26. The summed E-state index contributed by atoms with van der Waals surface area (Å²) < 4.78 is 53.5. The molecule has 0 aliphatic rings. The molecule has 0 fully saturated rings. The highest BCUT2D eigenvalue weighted by molar-refractivity contribution is 7.93. The molecule has 0 aliphatic carbocycles. The van der Waals surface area contributed by atoms with Crippen molar-refractivity contribution in [2.75, 3.05) is 30.2 Å². The highest BCUT2D eigenvalue weighted by Gasteiger charge is 2.23. The molecule has 0 saturated heterocycles. The standard InChI is InChI=1S/C13H13F2N5O2S2/c1-17-2-3-18-10-5-9(14)11(4-8(10)6-16)24(21,22)20-13-19-7-12(15)23-13/h4-5,7,17-18H,2-3H2,1H3,(H,19,20). The SMILES string of the molecule is CNCCNc1cc(F)c(S(=O)(=O)Nc2ncc(F)s2)cc1C#N. The predicted molar refractivity (Wildman–Crippen MR) is 86.4 cm³/mol. The van der Waals surface area contributed by atoms with E-state index in [-0.39, 0.29) is 16.4 Å². The minimum atomic E-state index is -4.34. The minimum absolute atomic E-state index is 0.0294. The first-order valence-electron chi connectivity index (χ1n) is 6.63. The van der Waals surface area contributed by atoms with E-state index in [2.05, 4.69) is 15.6 Å². The molecule has 3 N–H and O–H groups in total. The van der Waals surface area contributed by atoms with Crippen LogP contribution in [0.1, 0.15) is 5.56 Å². The molecule has 0 atom stereocenters. The van der Waals surface area contributed by atoms with Gasteiger partial charge in [-0.15, -0.1) is 0 Å². The first kappa shape index (κ1) is 18.1. The summed E-state index contributed by atoms with van der Waals surface area (Å²) in [6, 6.07) is 3.67. The summed E-state index contributed by atoms with van der Waals surface area (Å²) in [6.45, 7) is 0.997. The quantitative estimate of drug-likeness (QED) is 0.638. The van der Waals surface area contributed by atoms with Gasteiger partial charge in [0, 0.05) is 13.1 Å². The van der Waals surface area contributed by atoms with Gasteiger partial charge in [0.1, 0.15) is 16.8 Å². The van der Waals surface area contributed by atoms with Gasteiger partial charge in [0.25, 0.3) is 10.0 Å². The molecule has 0 saturated carbocycles. The Labute approximate surface area is 141 Å². The van der Waals surface area contributed by atoms with E-state index in [4.69, 9.17) is 5.26 Å². The van der Waals surface area contributed by atoms with Gasteiger partial charge in [-0.1, -0.05) is 11.3 Å². The van der Waals surface area contributed by atoms with Crippen LogP contribution in [0.15, 0.2) is 23.2 Å². The van der Waals surface area contributed by atoms with Gasteiger partial charge in [-0.25, -0.2) is 17.8 Å². The second kappa shape index (κ2) is 7.52. The van der Waals surface area contributed by atoms with Crippen molar-refractivity contribution in [1.29, 1.82) is 5.26 Å². The largest absolute Gasteiger partial charge is 0.383 e. The number of rotatable bonds is 7. The van der Waals surface area contributed by atoms with Gasteiger partial charge in [-0.3, -0.25) is 4.72 Å². The summed E-state index contributed by atoms with van der Waals surface area (Å²) in [5, 5.41) is 13.9. The van der Waals surface area contributed by atoms with Crippen molar-refractivity contribution >= 4 is 32.2 Å². The monoisotopic (exact) mass is 373 g/mol. The van der Waals surface area contributed by atoms with E-state index in [0.717, 1.165) is 18.3 Å². The number of halogens is 2. The maximum Gasteiger partial charge on any atom is 0.266 e. The Kier molecular flexibility index (Phi) is 5.66. The lowest BCUT2D eigenvalue weighted by Gasteiger charge is -2.11. The molecule has 11 heteroatoms. The Morgan fingerprint density at radius 2 is 2.08 bits per heavy atom. The molecule has 1 aromatic carbocycles. The number of nitriles is 1. The Hall–Kier alpha value is -2.29. The van der Waals surface area contributed by atoms with Crippen molar-refractivity contribution in [3.63, 3.8) is 0 Å². The van der Waals surface area contributed by atoms with Gasteiger partial charge in [0.2, 0.25) is 0 Å². The number of nitrogens with zero attached hydrogens (tertiary/aromatic N) is 2. The fourth-order valence-corrected chi connectivity index (χ4v) is 3.66. The summed E-state index contributed by atoms with van der Waals surface area (Å²) in [7, 11) is -2.61. The fraction of sp³-hybridized carbons (Fsp3) is 0.231. The molecule has 0 amide bonds. The van der Waals surface area contributed by atoms with Crippen LogP contribution in [0.4, 0.5) is 19.6 Å². The highest BCUT2D eigenvalue weighted by atomic mass is 32.2. The molecule has 2 rings (SSSR count). The molecule has 128 valence electrons. The predicted octanol–water partition coefficient (Wildman–Crippen LogP) is 1.73. The minimum Gasteiger partial charge on any atom is -0.383 e. The fourth-order valence-electron chi connectivity index (χ4n) is 1.79. The summed E-state index contributed by atoms with van der Waals surface area (Å²) in [6.07, 6.45) is 0.842. The Morgan fingerprint density at radius 1 is 1.33 bits per heavy atom. The third-order valence-corrected chi connectivity index (χ3v) is 5.06. The lowest BCUT2D eigenvalue weighted by atomic mass is 10.2. The average molecular weight is 373 g/mol. The van der Waals surface area contributed by atoms with Crippen LogP contribution in [0, 0.1) is 22.3 Å². The number of thiazole rings is 1. The molecule has 24 heavy (non-hydrogen) atoms. The first-order chi connectivity index (χ1) is 11.4. The van der Waals surface area contributed by atoms with Crippen molar-refractivity contribution in [1.82, 2.24) is 10.3 Å². The number of sulfonamides is 1. The van der Waals surface area contributed by atoms with E-state index >= 15 is 0 Å². The molecule has 0 bridgehead atoms. The number of hydrogen-bond acceptors (Lipinski definition) is 7.